The fourth-order valence-electron chi connectivity index (χ4n) is 1.83. The van der Waals surface area contributed by atoms with Crippen molar-refractivity contribution in [3.05, 3.63) is 84.9 Å². The predicted molar refractivity (Wildman–Crippen MR) is 87.8 cm³/mol. The van der Waals surface area contributed by atoms with E-state index in [2.05, 4.69) is 13.2 Å². The van der Waals surface area contributed by atoms with Crippen LogP contribution in [-0.2, 0) is 19.1 Å². The van der Waals surface area contributed by atoms with E-state index >= 15 is 0 Å². The molecule has 0 amide bonds. The molecule has 0 spiro atoms. The number of hydrogen-bond donors (Lipinski definition) is 0. The quantitative estimate of drug-likeness (QED) is 0.462. The number of ether oxygens (including phenoxy) is 2. The number of carbonyl (C=O) groups is 2. The van der Waals surface area contributed by atoms with Gasteiger partial charge >= 0.3 is 11.9 Å². The Balaban J connectivity index is 1.84. The first-order chi connectivity index (χ1) is 11.1. The van der Waals surface area contributed by atoms with Crippen LogP contribution in [0.5, 0.6) is 0 Å². The lowest BCUT2D eigenvalue weighted by Gasteiger charge is -2.09. The van der Waals surface area contributed by atoms with Crippen LogP contribution >= 0.6 is 0 Å². The number of esters is 2. The topological polar surface area (TPSA) is 52.6 Å². The van der Waals surface area contributed by atoms with Crippen molar-refractivity contribution >= 4 is 23.5 Å². The minimum absolute atomic E-state index is 0.185. The van der Waals surface area contributed by atoms with Gasteiger partial charge in [-0.25, -0.2) is 0 Å². The van der Waals surface area contributed by atoms with Crippen LogP contribution < -0.4 is 0 Å². The number of rotatable bonds is 6. The third-order valence-corrected chi connectivity index (χ3v) is 2.95. The van der Waals surface area contributed by atoms with Crippen molar-refractivity contribution in [1.82, 2.24) is 0 Å². The maximum absolute atomic E-state index is 11.7. The summed E-state index contributed by atoms with van der Waals surface area (Å²) in [7, 11) is 0. The molecule has 0 saturated heterocycles. The number of carbonyl (C=O) groups excluding carboxylic acids is 2. The van der Waals surface area contributed by atoms with Crippen molar-refractivity contribution in [2.75, 3.05) is 0 Å². The van der Waals surface area contributed by atoms with Crippen molar-refractivity contribution < 1.29 is 19.1 Å². The lowest BCUT2D eigenvalue weighted by molar-refractivity contribution is -0.146. The van der Waals surface area contributed by atoms with Gasteiger partial charge in [-0.05, 0) is 0 Å². The van der Waals surface area contributed by atoms with Crippen LogP contribution in [0.25, 0.3) is 11.5 Å². The van der Waals surface area contributed by atoms with Crippen molar-refractivity contribution in [3.63, 3.8) is 0 Å². The van der Waals surface area contributed by atoms with E-state index in [0.29, 0.717) is 11.1 Å². The van der Waals surface area contributed by atoms with E-state index < -0.39 is 18.4 Å². The lowest BCUT2D eigenvalue weighted by atomic mass is 10.2. The van der Waals surface area contributed by atoms with Crippen LogP contribution in [0, 0.1) is 0 Å². The fraction of sp³-hybridized carbons (Fsp3) is 0.0526. The standard InChI is InChI=1S/C19H16O4/c1-14(16-9-5-3-6-10-16)22-18(20)13-19(21)23-15(2)17-11-7-4-8-12-17/h3-12H,1-2,13H2. The monoisotopic (exact) mass is 308 g/mol. The third kappa shape index (κ3) is 4.97. The summed E-state index contributed by atoms with van der Waals surface area (Å²) in [5.74, 6) is -1.09. The van der Waals surface area contributed by atoms with Crippen LogP contribution in [0.15, 0.2) is 73.8 Å². The van der Waals surface area contributed by atoms with Gasteiger partial charge in [0.25, 0.3) is 0 Å². The molecule has 0 atom stereocenters. The highest BCUT2D eigenvalue weighted by molar-refractivity contribution is 5.95. The van der Waals surface area contributed by atoms with Gasteiger partial charge < -0.3 is 9.47 Å². The summed E-state index contributed by atoms with van der Waals surface area (Å²) in [6.45, 7) is 7.34. The Kier molecular flexibility index (Phi) is 5.47. The molecule has 0 saturated carbocycles. The van der Waals surface area contributed by atoms with Crippen molar-refractivity contribution in [3.8, 4) is 0 Å². The molecule has 2 aromatic rings. The van der Waals surface area contributed by atoms with Gasteiger partial charge in [-0.3, -0.25) is 9.59 Å². The molecule has 0 fully saturated rings. The minimum atomic E-state index is -0.732. The van der Waals surface area contributed by atoms with Crippen LogP contribution in [0.1, 0.15) is 17.5 Å². The lowest BCUT2D eigenvalue weighted by Crippen LogP contribution is -2.12. The molecular weight excluding hydrogens is 292 g/mol. The molecule has 0 radical (unpaired) electrons. The van der Waals surface area contributed by atoms with Crippen LogP contribution in [0.3, 0.4) is 0 Å². The van der Waals surface area contributed by atoms with Gasteiger partial charge in [0.05, 0.1) is 0 Å². The number of benzene rings is 2. The highest BCUT2D eigenvalue weighted by atomic mass is 16.6. The van der Waals surface area contributed by atoms with Crippen LogP contribution in [0.4, 0.5) is 0 Å². The van der Waals surface area contributed by atoms with E-state index in [1.165, 1.54) is 0 Å². The van der Waals surface area contributed by atoms with Gasteiger partial charge in [0.1, 0.15) is 17.9 Å². The maximum Gasteiger partial charge on any atom is 0.322 e. The highest BCUT2D eigenvalue weighted by Gasteiger charge is 2.16. The molecule has 0 aromatic heterocycles. The van der Waals surface area contributed by atoms with Crippen molar-refractivity contribution in [1.29, 1.82) is 0 Å². The first-order valence-corrected chi connectivity index (χ1v) is 6.96. The Hall–Kier alpha value is -3.14. The van der Waals surface area contributed by atoms with E-state index in [1.807, 2.05) is 12.1 Å². The van der Waals surface area contributed by atoms with Crippen molar-refractivity contribution in [2.24, 2.45) is 0 Å². The third-order valence-electron chi connectivity index (χ3n) is 2.95. The Morgan fingerprint density at radius 3 is 1.39 bits per heavy atom. The summed E-state index contributed by atoms with van der Waals surface area (Å²) in [5.41, 5.74) is 1.34. The average molecular weight is 308 g/mol. The summed E-state index contributed by atoms with van der Waals surface area (Å²) in [4.78, 5) is 23.5. The molecule has 0 aliphatic rings. The minimum Gasteiger partial charge on any atom is -0.426 e. The summed E-state index contributed by atoms with van der Waals surface area (Å²) in [6, 6.07) is 17.9. The molecule has 2 rings (SSSR count). The molecule has 4 heteroatoms. The smallest absolute Gasteiger partial charge is 0.322 e. The molecule has 0 aliphatic carbocycles. The van der Waals surface area contributed by atoms with Crippen LogP contribution in [0.2, 0.25) is 0 Å². The van der Waals surface area contributed by atoms with Gasteiger partial charge in [0.15, 0.2) is 0 Å². The molecule has 0 heterocycles. The zero-order chi connectivity index (χ0) is 16.7. The Labute approximate surface area is 134 Å². The second kappa shape index (κ2) is 7.75. The summed E-state index contributed by atoms with van der Waals surface area (Å²) in [6.07, 6.45) is -0.516. The molecule has 0 unspecified atom stereocenters. The predicted octanol–water partition coefficient (Wildman–Crippen LogP) is 3.80. The Morgan fingerprint density at radius 2 is 1.04 bits per heavy atom. The molecule has 23 heavy (non-hydrogen) atoms. The van der Waals surface area contributed by atoms with E-state index in [4.69, 9.17) is 9.47 Å². The molecule has 0 bridgehead atoms. The van der Waals surface area contributed by atoms with Gasteiger partial charge in [0.2, 0.25) is 0 Å². The molecule has 0 N–H and O–H groups in total. The average Bonchev–Trinajstić information content (AvgIpc) is 2.56. The first kappa shape index (κ1) is 16.2. The van der Waals surface area contributed by atoms with Crippen molar-refractivity contribution in [2.45, 2.75) is 6.42 Å². The fourth-order valence-corrected chi connectivity index (χ4v) is 1.83. The zero-order valence-corrected chi connectivity index (χ0v) is 12.5. The summed E-state index contributed by atoms with van der Waals surface area (Å²) < 4.78 is 10.1. The molecule has 2 aromatic carbocycles. The van der Waals surface area contributed by atoms with E-state index in [1.54, 1.807) is 48.5 Å². The summed E-state index contributed by atoms with van der Waals surface area (Å²) >= 11 is 0. The van der Waals surface area contributed by atoms with Gasteiger partial charge in [-0.2, -0.15) is 0 Å². The van der Waals surface area contributed by atoms with Gasteiger partial charge in [-0.15, -0.1) is 0 Å². The molecule has 4 nitrogen and oxygen atoms in total. The summed E-state index contributed by atoms with van der Waals surface area (Å²) in [5, 5.41) is 0. The molecular formula is C19H16O4. The van der Waals surface area contributed by atoms with E-state index in [9.17, 15) is 9.59 Å². The highest BCUT2D eigenvalue weighted by Crippen LogP contribution is 2.16. The van der Waals surface area contributed by atoms with Gasteiger partial charge in [-0.1, -0.05) is 73.8 Å². The normalized spacial score (nSPS) is 9.74. The Morgan fingerprint density at radius 1 is 0.696 bits per heavy atom. The zero-order valence-electron chi connectivity index (χ0n) is 12.5. The number of hydrogen-bond acceptors (Lipinski definition) is 4. The molecule has 0 aliphatic heterocycles. The maximum atomic E-state index is 11.7. The van der Waals surface area contributed by atoms with Gasteiger partial charge in [0, 0.05) is 11.1 Å². The second-order valence-corrected chi connectivity index (χ2v) is 4.70. The van der Waals surface area contributed by atoms with E-state index in [-0.39, 0.29) is 11.5 Å². The largest absolute Gasteiger partial charge is 0.426 e. The second-order valence-electron chi connectivity index (χ2n) is 4.70. The van der Waals surface area contributed by atoms with E-state index in [0.717, 1.165) is 0 Å². The first-order valence-electron chi connectivity index (χ1n) is 6.96. The molecule has 116 valence electrons. The Bertz CT molecular complexity index is 654. The SMILES string of the molecule is C=C(OC(=O)CC(=O)OC(=C)c1ccccc1)c1ccccc1. The van der Waals surface area contributed by atoms with Crippen LogP contribution in [-0.4, -0.2) is 11.9 Å².